The van der Waals surface area contributed by atoms with E-state index in [1.807, 2.05) is 4.90 Å². The molecule has 6 heteroatoms. The van der Waals surface area contributed by atoms with Crippen LogP contribution in [-0.2, 0) is 9.47 Å². The summed E-state index contributed by atoms with van der Waals surface area (Å²) in [6.45, 7) is 7.97. The van der Waals surface area contributed by atoms with Gasteiger partial charge in [0, 0.05) is 33.3 Å². The lowest BCUT2D eigenvalue weighted by atomic mass is 10.3. The summed E-state index contributed by atoms with van der Waals surface area (Å²) in [6, 6.07) is -0.0434. The van der Waals surface area contributed by atoms with Crippen molar-refractivity contribution < 1.29 is 14.3 Å². The van der Waals surface area contributed by atoms with E-state index in [2.05, 4.69) is 17.1 Å². The molecule has 0 aromatic heterocycles. The molecule has 0 saturated carbocycles. The van der Waals surface area contributed by atoms with Crippen LogP contribution in [0.15, 0.2) is 0 Å². The SMILES string of the molecule is CCN1CCN(C(=O)NCOCCOC)CC1. The first-order valence-electron chi connectivity index (χ1n) is 6.09. The van der Waals surface area contributed by atoms with Gasteiger partial charge in [0.25, 0.3) is 0 Å². The van der Waals surface area contributed by atoms with Crippen LogP contribution in [0.25, 0.3) is 0 Å². The Hall–Kier alpha value is -0.850. The summed E-state index contributed by atoms with van der Waals surface area (Å²) in [6.07, 6.45) is 0. The van der Waals surface area contributed by atoms with Gasteiger partial charge >= 0.3 is 6.03 Å². The minimum Gasteiger partial charge on any atom is -0.382 e. The fourth-order valence-corrected chi connectivity index (χ4v) is 1.71. The molecule has 2 amide bonds. The van der Waals surface area contributed by atoms with E-state index in [0.29, 0.717) is 13.2 Å². The van der Waals surface area contributed by atoms with Gasteiger partial charge in [-0.25, -0.2) is 4.79 Å². The summed E-state index contributed by atoms with van der Waals surface area (Å²) in [5, 5.41) is 2.73. The standard InChI is InChI=1S/C11H23N3O3/c1-3-13-4-6-14(7-5-13)11(15)12-10-17-9-8-16-2/h3-10H2,1-2H3,(H,12,15). The number of likely N-dealkylation sites (N-methyl/N-ethyl adjacent to an activating group) is 1. The minimum absolute atomic E-state index is 0.0434. The second-order valence-corrected chi connectivity index (χ2v) is 3.95. The number of carbonyl (C=O) groups is 1. The third-order valence-electron chi connectivity index (χ3n) is 2.86. The third-order valence-corrected chi connectivity index (χ3v) is 2.86. The quantitative estimate of drug-likeness (QED) is 0.527. The molecule has 0 atom stereocenters. The number of hydrogen-bond donors (Lipinski definition) is 1. The molecule has 0 radical (unpaired) electrons. The van der Waals surface area contributed by atoms with Crippen LogP contribution in [0.4, 0.5) is 4.79 Å². The number of carbonyl (C=O) groups excluding carboxylic acids is 1. The zero-order valence-corrected chi connectivity index (χ0v) is 10.8. The summed E-state index contributed by atoms with van der Waals surface area (Å²) >= 11 is 0. The molecule has 0 aromatic carbocycles. The van der Waals surface area contributed by atoms with Crippen molar-refractivity contribution in [3.63, 3.8) is 0 Å². The molecule has 0 aliphatic carbocycles. The second-order valence-electron chi connectivity index (χ2n) is 3.95. The van der Waals surface area contributed by atoms with Crippen LogP contribution in [0, 0.1) is 0 Å². The number of urea groups is 1. The molecule has 0 bridgehead atoms. The average Bonchev–Trinajstić information content (AvgIpc) is 2.38. The maximum atomic E-state index is 11.7. The molecule has 1 aliphatic heterocycles. The molecule has 100 valence electrons. The first-order valence-corrected chi connectivity index (χ1v) is 6.09. The Morgan fingerprint density at radius 1 is 1.24 bits per heavy atom. The van der Waals surface area contributed by atoms with E-state index in [1.54, 1.807) is 7.11 Å². The first kappa shape index (κ1) is 14.2. The molecule has 1 N–H and O–H groups in total. The molecule has 0 unspecified atom stereocenters. The molecule has 6 nitrogen and oxygen atoms in total. The highest BCUT2D eigenvalue weighted by Crippen LogP contribution is 2.00. The number of methoxy groups -OCH3 is 1. The Morgan fingerprint density at radius 3 is 2.53 bits per heavy atom. The molecular formula is C11H23N3O3. The smallest absolute Gasteiger partial charge is 0.319 e. The van der Waals surface area contributed by atoms with Crippen LogP contribution < -0.4 is 5.32 Å². The van der Waals surface area contributed by atoms with Crippen molar-refractivity contribution >= 4 is 6.03 Å². The van der Waals surface area contributed by atoms with Gasteiger partial charge in [-0.1, -0.05) is 6.92 Å². The van der Waals surface area contributed by atoms with E-state index in [1.165, 1.54) is 0 Å². The summed E-state index contributed by atoms with van der Waals surface area (Å²) < 4.78 is 10.0. The van der Waals surface area contributed by atoms with E-state index < -0.39 is 0 Å². The highest BCUT2D eigenvalue weighted by atomic mass is 16.5. The normalized spacial score (nSPS) is 17.2. The molecule has 1 aliphatic rings. The van der Waals surface area contributed by atoms with Crippen molar-refractivity contribution in [1.29, 1.82) is 0 Å². The number of hydrogen-bond acceptors (Lipinski definition) is 4. The van der Waals surface area contributed by atoms with Crippen LogP contribution >= 0.6 is 0 Å². The van der Waals surface area contributed by atoms with Gasteiger partial charge in [0.05, 0.1) is 13.2 Å². The number of nitrogens with one attached hydrogen (secondary N) is 1. The maximum Gasteiger partial charge on any atom is 0.319 e. The first-order chi connectivity index (χ1) is 8.27. The Morgan fingerprint density at radius 2 is 1.94 bits per heavy atom. The molecule has 0 aromatic rings. The van der Waals surface area contributed by atoms with Gasteiger partial charge in [-0.3, -0.25) is 0 Å². The predicted molar refractivity (Wildman–Crippen MR) is 64.9 cm³/mol. The number of nitrogens with zero attached hydrogens (tertiary/aromatic N) is 2. The van der Waals surface area contributed by atoms with Crippen molar-refractivity contribution in [2.45, 2.75) is 6.92 Å². The van der Waals surface area contributed by atoms with Gasteiger partial charge in [-0.15, -0.1) is 0 Å². The van der Waals surface area contributed by atoms with Gasteiger partial charge in [0.15, 0.2) is 0 Å². The van der Waals surface area contributed by atoms with E-state index >= 15 is 0 Å². The lowest BCUT2D eigenvalue weighted by Crippen LogP contribution is -2.51. The monoisotopic (exact) mass is 245 g/mol. The largest absolute Gasteiger partial charge is 0.382 e. The van der Waals surface area contributed by atoms with Crippen molar-refractivity contribution in [1.82, 2.24) is 15.1 Å². The third kappa shape index (κ3) is 5.34. The van der Waals surface area contributed by atoms with Crippen molar-refractivity contribution in [2.75, 3.05) is 59.8 Å². The van der Waals surface area contributed by atoms with Crippen LogP contribution in [0.1, 0.15) is 6.92 Å². The summed E-state index contributed by atoms with van der Waals surface area (Å²) in [5.41, 5.74) is 0. The lowest BCUT2D eigenvalue weighted by molar-refractivity contribution is 0.0597. The number of ether oxygens (including phenoxy) is 2. The fraction of sp³-hybridized carbons (Fsp3) is 0.909. The lowest BCUT2D eigenvalue weighted by Gasteiger charge is -2.33. The summed E-state index contributed by atoms with van der Waals surface area (Å²) in [5.74, 6) is 0. The van der Waals surface area contributed by atoms with Gasteiger partial charge < -0.3 is 24.6 Å². The van der Waals surface area contributed by atoms with Crippen molar-refractivity contribution in [3.8, 4) is 0 Å². The topological polar surface area (TPSA) is 54.0 Å². The number of rotatable bonds is 6. The van der Waals surface area contributed by atoms with Crippen LogP contribution in [0.5, 0.6) is 0 Å². The Balaban J connectivity index is 2.08. The molecule has 1 heterocycles. The average molecular weight is 245 g/mol. The molecular weight excluding hydrogens is 222 g/mol. The maximum absolute atomic E-state index is 11.7. The molecule has 17 heavy (non-hydrogen) atoms. The second kappa shape index (κ2) is 8.27. The molecule has 0 spiro atoms. The van der Waals surface area contributed by atoms with Crippen LogP contribution in [-0.4, -0.2) is 75.6 Å². The minimum atomic E-state index is -0.0434. The number of piperazine rings is 1. The highest BCUT2D eigenvalue weighted by Gasteiger charge is 2.19. The fourth-order valence-electron chi connectivity index (χ4n) is 1.71. The molecule has 1 fully saturated rings. The molecule has 1 saturated heterocycles. The van der Waals surface area contributed by atoms with Crippen molar-refractivity contribution in [2.24, 2.45) is 0 Å². The van der Waals surface area contributed by atoms with Gasteiger partial charge in [0.1, 0.15) is 6.73 Å². The molecule has 1 rings (SSSR count). The van der Waals surface area contributed by atoms with E-state index in [-0.39, 0.29) is 12.8 Å². The van der Waals surface area contributed by atoms with Crippen molar-refractivity contribution in [3.05, 3.63) is 0 Å². The van der Waals surface area contributed by atoms with Gasteiger partial charge in [0.2, 0.25) is 0 Å². The highest BCUT2D eigenvalue weighted by molar-refractivity contribution is 5.74. The van der Waals surface area contributed by atoms with E-state index in [9.17, 15) is 4.79 Å². The van der Waals surface area contributed by atoms with E-state index in [4.69, 9.17) is 9.47 Å². The summed E-state index contributed by atoms with van der Waals surface area (Å²) in [7, 11) is 1.62. The zero-order chi connectivity index (χ0) is 12.5. The van der Waals surface area contributed by atoms with E-state index in [0.717, 1.165) is 32.7 Å². The van der Waals surface area contributed by atoms with Crippen LogP contribution in [0.2, 0.25) is 0 Å². The Labute approximate surface area is 103 Å². The van der Waals surface area contributed by atoms with Gasteiger partial charge in [-0.05, 0) is 6.54 Å². The Bertz CT molecular complexity index is 218. The number of amides is 2. The van der Waals surface area contributed by atoms with Gasteiger partial charge in [-0.2, -0.15) is 0 Å². The zero-order valence-electron chi connectivity index (χ0n) is 10.8. The predicted octanol–water partition coefficient (Wildman–Crippen LogP) is -0.0460. The summed E-state index contributed by atoms with van der Waals surface area (Å²) in [4.78, 5) is 15.9. The van der Waals surface area contributed by atoms with Crippen LogP contribution in [0.3, 0.4) is 0 Å². The Kier molecular flexibility index (Phi) is 6.91.